The van der Waals surface area contributed by atoms with Crippen LogP contribution in [0.15, 0.2) is 18.5 Å². The standard InChI is InChI=1S/C16H22N6O3/c1-3-21-13(5-6-17-21)15(23)19-12-11-18-22(4-2)14(12)16(24)20-7-9-25-10-8-20/h5-6,11H,3-4,7-10H2,1-2H3,(H,19,23). The molecule has 9 heteroatoms. The van der Waals surface area contributed by atoms with Crippen molar-refractivity contribution in [3.63, 3.8) is 0 Å². The maximum atomic E-state index is 12.9. The highest BCUT2D eigenvalue weighted by molar-refractivity contribution is 6.07. The SMILES string of the molecule is CCn1nccc1C(=O)Nc1cnn(CC)c1C(=O)N1CCOCC1. The highest BCUT2D eigenvalue weighted by Crippen LogP contribution is 2.19. The van der Waals surface area contributed by atoms with Gasteiger partial charge in [-0.05, 0) is 19.9 Å². The number of anilines is 1. The number of aromatic nitrogens is 4. The van der Waals surface area contributed by atoms with E-state index in [2.05, 4.69) is 15.5 Å². The maximum Gasteiger partial charge on any atom is 0.274 e. The molecule has 1 aliphatic heterocycles. The van der Waals surface area contributed by atoms with E-state index in [0.717, 1.165) is 0 Å². The molecule has 3 heterocycles. The number of carbonyl (C=O) groups excluding carboxylic acids is 2. The lowest BCUT2D eigenvalue weighted by molar-refractivity contribution is 0.0295. The van der Waals surface area contributed by atoms with Gasteiger partial charge >= 0.3 is 0 Å². The molecule has 0 aliphatic carbocycles. The molecule has 0 saturated carbocycles. The minimum atomic E-state index is -0.314. The smallest absolute Gasteiger partial charge is 0.274 e. The fourth-order valence-electron chi connectivity index (χ4n) is 2.82. The summed E-state index contributed by atoms with van der Waals surface area (Å²) >= 11 is 0. The van der Waals surface area contributed by atoms with E-state index in [0.29, 0.717) is 56.5 Å². The quantitative estimate of drug-likeness (QED) is 0.866. The van der Waals surface area contributed by atoms with Gasteiger partial charge in [0.1, 0.15) is 11.4 Å². The van der Waals surface area contributed by atoms with Crippen LogP contribution in [-0.2, 0) is 17.8 Å². The summed E-state index contributed by atoms with van der Waals surface area (Å²) in [5.41, 5.74) is 1.24. The Kier molecular flexibility index (Phi) is 5.13. The van der Waals surface area contributed by atoms with Gasteiger partial charge in [-0.15, -0.1) is 0 Å². The second-order valence-corrected chi connectivity index (χ2v) is 5.61. The molecule has 2 amide bonds. The third-order valence-corrected chi connectivity index (χ3v) is 4.14. The summed E-state index contributed by atoms with van der Waals surface area (Å²) in [6, 6.07) is 1.65. The first kappa shape index (κ1) is 17.2. The second kappa shape index (κ2) is 7.47. The molecule has 9 nitrogen and oxygen atoms in total. The topological polar surface area (TPSA) is 94.3 Å². The Labute approximate surface area is 145 Å². The van der Waals surface area contributed by atoms with Gasteiger partial charge in [0, 0.05) is 32.4 Å². The first-order valence-electron chi connectivity index (χ1n) is 8.41. The number of amides is 2. The van der Waals surface area contributed by atoms with Crippen LogP contribution in [0.4, 0.5) is 5.69 Å². The Morgan fingerprint density at radius 3 is 2.56 bits per heavy atom. The van der Waals surface area contributed by atoms with E-state index in [1.165, 1.54) is 6.20 Å². The molecule has 0 unspecified atom stereocenters. The van der Waals surface area contributed by atoms with Crippen molar-refractivity contribution in [1.82, 2.24) is 24.5 Å². The summed E-state index contributed by atoms with van der Waals surface area (Å²) in [6.07, 6.45) is 3.09. The van der Waals surface area contributed by atoms with Crippen LogP contribution in [0, 0.1) is 0 Å². The summed E-state index contributed by atoms with van der Waals surface area (Å²) in [5, 5.41) is 11.1. The fourth-order valence-corrected chi connectivity index (χ4v) is 2.82. The van der Waals surface area contributed by atoms with Crippen molar-refractivity contribution in [2.75, 3.05) is 31.6 Å². The van der Waals surface area contributed by atoms with Gasteiger partial charge < -0.3 is 15.0 Å². The van der Waals surface area contributed by atoms with E-state index in [-0.39, 0.29) is 11.8 Å². The van der Waals surface area contributed by atoms with Crippen molar-refractivity contribution >= 4 is 17.5 Å². The van der Waals surface area contributed by atoms with Crippen molar-refractivity contribution < 1.29 is 14.3 Å². The van der Waals surface area contributed by atoms with Gasteiger partial charge in [0.2, 0.25) is 0 Å². The first-order chi connectivity index (χ1) is 12.2. The number of aryl methyl sites for hydroxylation is 2. The lowest BCUT2D eigenvalue weighted by Gasteiger charge is -2.27. The number of carbonyl (C=O) groups is 2. The molecule has 134 valence electrons. The molecule has 2 aromatic heterocycles. The number of ether oxygens (including phenoxy) is 1. The van der Waals surface area contributed by atoms with Crippen LogP contribution in [0.25, 0.3) is 0 Å². The number of hydrogen-bond acceptors (Lipinski definition) is 5. The zero-order valence-corrected chi connectivity index (χ0v) is 14.4. The van der Waals surface area contributed by atoms with Crippen LogP contribution >= 0.6 is 0 Å². The molecular weight excluding hydrogens is 324 g/mol. The van der Waals surface area contributed by atoms with Crippen LogP contribution in [0.3, 0.4) is 0 Å². The molecule has 2 aromatic rings. The summed E-state index contributed by atoms with van der Waals surface area (Å²) < 4.78 is 8.50. The summed E-state index contributed by atoms with van der Waals surface area (Å²) in [6.45, 7) is 7.03. The van der Waals surface area contributed by atoms with Crippen molar-refractivity contribution in [3.8, 4) is 0 Å². The Morgan fingerprint density at radius 2 is 1.88 bits per heavy atom. The molecular formula is C16H22N6O3. The van der Waals surface area contributed by atoms with Crippen LogP contribution in [0.5, 0.6) is 0 Å². The van der Waals surface area contributed by atoms with Crippen molar-refractivity contribution in [3.05, 3.63) is 29.8 Å². The zero-order valence-electron chi connectivity index (χ0n) is 14.4. The van der Waals surface area contributed by atoms with E-state index in [4.69, 9.17) is 4.74 Å². The van der Waals surface area contributed by atoms with Crippen LogP contribution < -0.4 is 5.32 Å². The van der Waals surface area contributed by atoms with E-state index in [9.17, 15) is 9.59 Å². The molecule has 1 aliphatic rings. The normalized spacial score (nSPS) is 14.6. The third kappa shape index (κ3) is 3.41. The number of nitrogens with zero attached hydrogens (tertiary/aromatic N) is 5. The minimum absolute atomic E-state index is 0.151. The van der Waals surface area contributed by atoms with E-state index in [1.54, 1.807) is 26.5 Å². The van der Waals surface area contributed by atoms with Crippen LogP contribution in [0.1, 0.15) is 34.8 Å². The van der Waals surface area contributed by atoms with Gasteiger partial charge in [0.05, 0.1) is 25.1 Å². The number of hydrogen-bond donors (Lipinski definition) is 1. The fraction of sp³-hybridized carbons (Fsp3) is 0.500. The predicted octanol–water partition coefficient (Wildman–Crippen LogP) is 0.844. The molecule has 0 radical (unpaired) electrons. The Bertz CT molecular complexity index is 760. The van der Waals surface area contributed by atoms with Gasteiger partial charge in [-0.1, -0.05) is 0 Å². The zero-order chi connectivity index (χ0) is 17.8. The molecule has 0 aromatic carbocycles. The molecule has 25 heavy (non-hydrogen) atoms. The average molecular weight is 346 g/mol. The number of rotatable bonds is 5. The van der Waals surface area contributed by atoms with Gasteiger partial charge in [-0.25, -0.2) is 0 Å². The van der Waals surface area contributed by atoms with Crippen LogP contribution in [0.2, 0.25) is 0 Å². The van der Waals surface area contributed by atoms with Gasteiger partial charge in [-0.2, -0.15) is 10.2 Å². The van der Waals surface area contributed by atoms with Crippen molar-refractivity contribution in [1.29, 1.82) is 0 Å². The number of morpholine rings is 1. The molecule has 1 fully saturated rings. The predicted molar refractivity (Wildman–Crippen MR) is 90.5 cm³/mol. The lowest BCUT2D eigenvalue weighted by atomic mass is 10.2. The Morgan fingerprint density at radius 1 is 1.16 bits per heavy atom. The molecule has 0 atom stereocenters. The summed E-state index contributed by atoms with van der Waals surface area (Å²) in [5.74, 6) is -0.465. The van der Waals surface area contributed by atoms with Crippen molar-refractivity contribution in [2.45, 2.75) is 26.9 Å². The van der Waals surface area contributed by atoms with E-state index in [1.807, 2.05) is 13.8 Å². The Hall–Kier alpha value is -2.68. The van der Waals surface area contributed by atoms with Gasteiger partial charge in [0.15, 0.2) is 0 Å². The molecule has 0 bridgehead atoms. The van der Waals surface area contributed by atoms with Crippen LogP contribution in [-0.4, -0.2) is 62.6 Å². The highest BCUT2D eigenvalue weighted by Gasteiger charge is 2.26. The molecule has 3 rings (SSSR count). The second-order valence-electron chi connectivity index (χ2n) is 5.61. The molecule has 0 spiro atoms. The highest BCUT2D eigenvalue weighted by atomic mass is 16.5. The summed E-state index contributed by atoms with van der Waals surface area (Å²) in [7, 11) is 0. The van der Waals surface area contributed by atoms with E-state index >= 15 is 0 Å². The Balaban J connectivity index is 1.85. The lowest BCUT2D eigenvalue weighted by Crippen LogP contribution is -2.41. The largest absolute Gasteiger partial charge is 0.378 e. The van der Waals surface area contributed by atoms with E-state index < -0.39 is 0 Å². The molecule has 1 saturated heterocycles. The maximum absolute atomic E-state index is 12.9. The summed E-state index contributed by atoms with van der Waals surface area (Å²) in [4.78, 5) is 27.2. The monoisotopic (exact) mass is 346 g/mol. The number of nitrogens with one attached hydrogen (secondary N) is 1. The van der Waals surface area contributed by atoms with Crippen molar-refractivity contribution in [2.24, 2.45) is 0 Å². The average Bonchev–Trinajstić information content (AvgIpc) is 3.28. The first-order valence-corrected chi connectivity index (χ1v) is 8.41. The minimum Gasteiger partial charge on any atom is -0.378 e. The van der Waals surface area contributed by atoms with Gasteiger partial charge in [-0.3, -0.25) is 19.0 Å². The van der Waals surface area contributed by atoms with Gasteiger partial charge in [0.25, 0.3) is 11.8 Å². The third-order valence-electron chi connectivity index (χ3n) is 4.14. The molecule has 1 N–H and O–H groups in total.